The van der Waals surface area contributed by atoms with Gasteiger partial charge in [-0.2, -0.15) is 10.1 Å². The lowest BCUT2D eigenvalue weighted by Gasteiger charge is -2.17. The minimum atomic E-state index is -3.17. The maximum atomic E-state index is 14.6. The number of anilines is 1. The molecular weight excluding hydrogens is 375 g/mol. The molecule has 0 amide bonds. The zero-order chi connectivity index (χ0) is 20.8. The number of hydrogen-bond donors (Lipinski definition) is 2. The van der Waals surface area contributed by atoms with Gasteiger partial charge < -0.3 is 10.0 Å². The van der Waals surface area contributed by atoms with Gasteiger partial charge in [-0.05, 0) is 13.0 Å². The number of nitrogens with one attached hydrogen (secondary N) is 1. The summed E-state index contributed by atoms with van der Waals surface area (Å²) in [5.74, 6) is -3.73. The lowest BCUT2D eigenvalue weighted by molar-refractivity contribution is 0.0171. The number of nitrogens with zero attached hydrogens (tertiary/aromatic N) is 4. The third-order valence-corrected chi connectivity index (χ3v) is 4.52. The number of halogens is 3. The number of fused-ring (bicyclic) bond motifs is 1. The minimum Gasteiger partial charge on any atom is -0.390 e. The molecule has 0 unspecified atom stereocenters. The fourth-order valence-corrected chi connectivity index (χ4v) is 2.97. The maximum Gasteiger partial charge on any atom is 0.270 e. The van der Waals surface area contributed by atoms with Crippen molar-refractivity contribution in [2.24, 2.45) is 0 Å². The third kappa shape index (κ3) is 3.35. The van der Waals surface area contributed by atoms with Crippen LogP contribution in [0.5, 0.6) is 0 Å². The van der Waals surface area contributed by atoms with Gasteiger partial charge in [0.05, 0.1) is 12.6 Å². The number of hydrogen-bond acceptors (Lipinski definition) is 5. The van der Waals surface area contributed by atoms with E-state index in [-0.39, 0.29) is 28.2 Å². The smallest absolute Gasteiger partial charge is 0.270 e. The Balaban J connectivity index is 2.19. The molecule has 10 heteroatoms. The normalized spacial score (nSPS) is 13.1. The average molecular weight is 395 g/mol. The highest BCUT2D eigenvalue weighted by atomic mass is 19.3. The van der Waals surface area contributed by atoms with E-state index < -0.39 is 35.5 Å². The van der Waals surface area contributed by atoms with Crippen LogP contribution in [-0.4, -0.2) is 39.0 Å². The van der Waals surface area contributed by atoms with Gasteiger partial charge in [0.25, 0.3) is 11.5 Å². The first kappa shape index (κ1) is 19.9. The highest BCUT2D eigenvalue weighted by Gasteiger charge is 2.27. The zero-order valence-corrected chi connectivity index (χ0v) is 15.8. The number of H-pyrrole nitrogens is 1. The number of aromatic nitrogens is 4. The molecule has 0 aliphatic carbocycles. The molecule has 7 nitrogen and oxygen atoms in total. The molecule has 28 heavy (non-hydrogen) atoms. The predicted octanol–water partition coefficient (Wildman–Crippen LogP) is 2.54. The van der Waals surface area contributed by atoms with Crippen LogP contribution in [0.2, 0.25) is 0 Å². The second kappa shape index (κ2) is 6.93. The molecule has 2 heterocycles. The Morgan fingerprint density at radius 1 is 1.36 bits per heavy atom. The molecule has 0 bridgehead atoms. The zero-order valence-electron chi connectivity index (χ0n) is 15.8. The lowest BCUT2D eigenvalue weighted by atomic mass is 10.0. The summed E-state index contributed by atoms with van der Waals surface area (Å²) in [6.45, 7) is 1.79. The molecule has 0 radical (unpaired) electrons. The van der Waals surface area contributed by atoms with Gasteiger partial charge in [-0.25, -0.2) is 17.9 Å². The average Bonchev–Trinajstić information content (AvgIpc) is 2.99. The fourth-order valence-electron chi connectivity index (χ4n) is 2.97. The summed E-state index contributed by atoms with van der Waals surface area (Å²) in [5.41, 5.74) is -0.564. The SMILES string of the molecule is C[C@@H](c1ccc(C(C)(F)F)cc1F)n1nc(CO)c2c(=O)[nH]c(N(C)C)nc21. The summed E-state index contributed by atoms with van der Waals surface area (Å²) in [6.07, 6.45) is 0. The molecule has 3 aromatic rings. The Hall–Kier alpha value is -2.88. The van der Waals surface area contributed by atoms with E-state index in [1.54, 1.807) is 25.9 Å². The van der Waals surface area contributed by atoms with Crippen molar-refractivity contribution in [3.8, 4) is 0 Å². The van der Waals surface area contributed by atoms with Crippen molar-refractivity contribution in [2.45, 2.75) is 32.4 Å². The number of benzene rings is 1. The third-order valence-electron chi connectivity index (χ3n) is 4.52. The van der Waals surface area contributed by atoms with Crippen LogP contribution in [0.25, 0.3) is 11.0 Å². The molecule has 0 spiro atoms. The molecule has 0 fully saturated rings. The van der Waals surface area contributed by atoms with E-state index in [1.165, 1.54) is 10.7 Å². The lowest BCUT2D eigenvalue weighted by Crippen LogP contribution is -2.20. The molecule has 1 atom stereocenters. The van der Waals surface area contributed by atoms with Gasteiger partial charge in [0, 0.05) is 32.1 Å². The van der Waals surface area contributed by atoms with Gasteiger partial charge in [-0.15, -0.1) is 0 Å². The van der Waals surface area contributed by atoms with Gasteiger partial charge in [-0.3, -0.25) is 9.78 Å². The Kier molecular flexibility index (Phi) is 4.92. The van der Waals surface area contributed by atoms with Crippen molar-refractivity contribution in [2.75, 3.05) is 19.0 Å². The second-order valence-corrected chi connectivity index (χ2v) is 6.83. The molecule has 3 rings (SSSR count). The molecular formula is C18H20F3N5O2. The van der Waals surface area contributed by atoms with E-state index in [2.05, 4.69) is 15.1 Å². The van der Waals surface area contributed by atoms with Crippen molar-refractivity contribution in [3.05, 3.63) is 51.2 Å². The van der Waals surface area contributed by atoms with Crippen LogP contribution in [0.1, 0.15) is 36.7 Å². The standard InChI is InChI=1S/C18H20F3N5O2/c1-9(11-6-5-10(7-12(11)19)18(2,20)21)26-15-14(13(8-27)24-26)16(28)23-17(22-15)25(3)4/h5-7,9,27H,8H2,1-4H3,(H,22,23,28)/t9-/m0/s1. The summed E-state index contributed by atoms with van der Waals surface area (Å²) in [4.78, 5) is 21.0. The van der Waals surface area contributed by atoms with Gasteiger partial charge in [0.2, 0.25) is 5.95 Å². The minimum absolute atomic E-state index is 0.0945. The first-order valence-corrected chi connectivity index (χ1v) is 8.52. The van der Waals surface area contributed by atoms with Crippen molar-refractivity contribution in [1.29, 1.82) is 0 Å². The van der Waals surface area contributed by atoms with Gasteiger partial charge in [-0.1, -0.05) is 12.1 Å². The molecule has 0 aliphatic heterocycles. The predicted molar refractivity (Wildman–Crippen MR) is 98.2 cm³/mol. The largest absolute Gasteiger partial charge is 0.390 e. The molecule has 0 saturated heterocycles. The number of aliphatic hydroxyl groups excluding tert-OH is 1. The quantitative estimate of drug-likeness (QED) is 0.693. The summed E-state index contributed by atoms with van der Waals surface area (Å²) in [5, 5.41) is 13.9. The maximum absolute atomic E-state index is 14.6. The van der Waals surface area contributed by atoms with Crippen molar-refractivity contribution < 1.29 is 18.3 Å². The molecule has 150 valence electrons. The van der Waals surface area contributed by atoms with E-state index >= 15 is 0 Å². The van der Waals surface area contributed by atoms with Crippen molar-refractivity contribution in [3.63, 3.8) is 0 Å². The Morgan fingerprint density at radius 2 is 2.04 bits per heavy atom. The van der Waals surface area contributed by atoms with Crippen LogP contribution >= 0.6 is 0 Å². The van der Waals surface area contributed by atoms with Crippen molar-refractivity contribution in [1.82, 2.24) is 19.7 Å². The van der Waals surface area contributed by atoms with E-state index in [0.29, 0.717) is 6.92 Å². The number of rotatable bonds is 5. The van der Waals surface area contributed by atoms with Gasteiger partial charge in [0.15, 0.2) is 5.65 Å². The highest BCUT2D eigenvalue weighted by Crippen LogP contribution is 2.31. The van der Waals surface area contributed by atoms with Gasteiger partial charge in [0.1, 0.15) is 16.9 Å². The van der Waals surface area contributed by atoms with Crippen LogP contribution in [0.3, 0.4) is 0 Å². The van der Waals surface area contributed by atoms with E-state index in [1.807, 2.05) is 0 Å². The van der Waals surface area contributed by atoms with Crippen molar-refractivity contribution >= 4 is 17.0 Å². The number of aromatic amines is 1. The first-order valence-electron chi connectivity index (χ1n) is 8.52. The molecule has 2 N–H and O–H groups in total. The molecule has 0 aliphatic rings. The molecule has 2 aromatic heterocycles. The Bertz CT molecular complexity index is 1090. The number of aliphatic hydroxyl groups is 1. The monoisotopic (exact) mass is 395 g/mol. The highest BCUT2D eigenvalue weighted by molar-refractivity contribution is 5.78. The molecule has 0 saturated carbocycles. The number of alkyl halides is 2. The van der Waals surface area contributed by atoms with Crippen LogP contribution in [0.4, 0.5) is 19.1 Å². The van der Waals surface area contributed by atoms with Gasteiger partial charge >= 0.3 is 0 Å². The first-order chi connectivity index (χ1) is 13.0. The topological polar surface area (TPSA) is 87.0 Å². The summed E-state index contributed by atoms with van der Waals surface area (Å²) in [7, 11) is 3.37. The summed E-state index contributed by atoms with van der Waals surface area (Å²) >= 11 is 0. The van der Waals surface area contributed by atoms with Crippen LogP contribution in [0, 0.1) is 5.82 Å². The van der Waals surface area contributed by atoms with Crippen LogP contribution in [-0.2, 0) is 12.5 Å². The summed E-state index contributed by atoms with van der Waals surface area (Å²) in [6, 6.07) is 2.44. The molecule has 1 aromatic carbocycles. The van der Waals surface area contributed by atoms with Crippen LogP contribution in [0.15, 0.2) is 23.0 Å². The Morgan fingerprint density at radius 3 is 2.57 bits per heavy atom. The second-order valence-electron chi connectivity index (χ2n) is 6.83. The fraction of sp³-hybridized carbons (Fsp3) is 0.389. The van der Waals surface area contributed by atoms with E-state index in [0.717, 1.165) is 12.1 Å². The van der Waals surface area contributed by atoms with E-state index in [4.69, 9.17) is 0 Å². The Labute approximate surface area is 158 Å². The van der Waals surface area contributed by atoms with E-state index in [9.17, 15) is 23.1 Å². The summed E-state index contributed by atoms with van der Waals surface area (Å²) < 4.78 is 42.8. The van der Waals surface area contributed by atoms with Crippen LogP contribution < -0.4 is 10.5 Å².